The minimum atomic E-state index is -0.181. The predicted octanol–water partition coefficient (Wildman–Crippen LogP) is 3.19. The Morgan fingerprint density at radius 1 is 1.29 bits per heavy atom. The van der Waals surface area contributed by atoms with Gasteiger partial charge in [0.15, 0.2) is 0 Å². The van der Waals surface area contributed by atoms with Crippen molar-refractivity contribution in [2.24, 2.45) is 0 Å². The SMILES string of the molecule is CCCNC(Cc1cc(CC)nn1CC)C(C)(C)OCC. The van der Waals surface area contributed by atoms with Crippen LogP contribution < -0.4 is 5.32 Å². The second kappa shape index (κ2) is 8.54. The van der Waals surface area contributed by atoms with E-state index in [-0.39, 0.29) is 5.60 Å². The second-order valence-corrected chi connectivity index (χ2v) is 6.04. The van der Waals surface area contributed by atoms with Crippen molar-refractivity contribution in [1.29, 1.82) is 0 Å². The van der Waals surface area contributed by atoms with Crippen molar-refractivity contribution in [2.45, 2.75) is 79.0 Å². The number of aryl methyl sites for hydroxylation is 2. The first kappa shape index (κ1) is 18.2. The van der Waals surface area contributed by atoms with Crippen LogP contribution >= 0.6 is 0 Å². The van der Waals surface area contributed by atoms with Gasteiger partial charge in [0.1, 0.15) is 0 Å². The first-order valence-corrected chi connectivity index (χ1v) is 8.41. The summed E-state index contributed by atoms with van der Waals surface area (Å²) in [7, 11) is 0. The number of ether oxygens (including phenoxy) is 1. The third-order valence-electron chi connectivity index (χ3n) is 3.99. The monoisotopic (exact) mass is 295 g/mol. The van der Waals surface area contributed by atoms with Gasteiger partial charge in [0.05, 0.1) is 11.3 Å². The molecule has 4 heteroatoms. The third kappa shape index (κ3) is 5.11. The van der Waals surface area contributed by atoms with Gasteiger partial charge in [0.25, 0.3) is 0 Å². The fraction of sp³-hybridized carbons (Fsp3) is 0.824. The fourth-order valence-corrected chi connectivity index (χ4v) is 2.69. The Hall–Kier alpha value is -0.870. The zero-order valence-corrected chi connectivity index (χ0v) is 14.7. The number of hydrogen-bond donors (Lipinski definition) is 1. The highest BCUT2D eigenvalue weighted by Crippen LogP contribution is 2.20. The highest BCUT2D eigenvalue weighted by Gasteiger charge is 2.30. The summed E-state index contributed by atoms with van der Waals surface area (Å²) in [6.45, 7) is 15.6. The molecule has 1 atom stereocenters. The average molecular weight is 295 g/mol. The van der Waals surface area contributed by atoms with Crippen molar-refractivity contribution >= 4 is 0 Å². The summed E-state index contributed by atoms with van der Waals surface area (Å²) in [4.78, 5) is 0. The largest absolute Gasteiger partial charge is 0.374 e. The summed E-state index contributed by atoms with van der Waals surface area (Å²) < 4.78 is 8.10. The summed E-state index contributed by atoms with van der Waals surface area (Å²) in [6, 6.07) is 2.54. The van der Waals surface area contributed by atoms with Gasteiger partial charge in [0, 0.05) is 31.3 Å². The number of rotatable bonds is 10. The Labute approximate surface area is 130 Å². The molecule has 0 amide bonds. The minimum absolute atomic E-state index is 0.181. The molecule has 4 nitrogen and oxygen atoms in total. The van der Waals surface area contributed by atoms with Crippen LogP contribution in [0.2, 0.25) is 0 Å². The quantitative estimate of drug-likeness (QED) is 0.720. The molecule has 1 aromatic rings. The zero-order chi connectivity index (χ0) is 15.9. The van der Waals surface area contributed by atoms with E-state index in [2.05, 4.69) is 62.7 Å². The van der Waals surface area contributed by atoms with Crippen molar-refractivity contribution in [3.63, 3.8) is 0 Å². The molecule has 122 valence electrons. The predicted molar refractivity (Wildman–Crippen MR) is 88.8 cm³/mol. The van der Waals surface area contributed by atoms with E-state index in [1.807, 2.05) is 0 Å². The molecule has 1 unspecified atom stereocenters. The maximum atomic E-state index is 5.98. The average Bonchev–Trinajstić information content (AvgIpc) is 2.85. The molecule has 0 radical (unpaired) electrons. The molecule has 0 aliphatic carbocycles. The molecule has 0 aliphatic heterocycles. The second-order valence-electron chi connectivity index (χ2n) is 6.04. The van der Waals surface area contributed by atoms with E-state index >= 15 is 0 Å². The lowest BCUT2D eigenvalue weighted by atomic mass is 9.93. The van der Waals surface area contributed by atoms with E-state index in [0.29, 0.717) is 6.04 Å². The molecule has 1 heterocycles. The van der Waals surface area contributed by atoms with Gasteiger partial charge in [-0.3, -0.25) is 4.68 Å². The molecule has 0 spiro atoms. The molecule has 1 N–H and O–H groups in total. The topological polar surface area (TPSA) is 39.1 Å². The van der Waals surface area contributed by atoms with Crippen LogP contribution in [0.15, 0.2) is 6.07 Å². The lowest BCUT2D eigenvalue weighted by Gasteiger charge is -2.35. The van der Waals surface area contributed by atoms with Crippen LogP contribution in [0.4, 0.5) is 0 Å². The van der Waals surface area contributed by atoms with Crippen molar-refractivity contribution in [2.75, 3.05) is 13.2 Å². The van der Waals surface area contributed by atoms with Crippen molar-refractivity contribution in [3.05, 3.63) is 17.5 Å². The summed E-state index contributed by atoms with van der Waals surface area (Å²) in [5, 5.41) is 8.31. The summed E-state index contributed by atoms with van der Waals surface area (Å²) in [5.41, 5.74) is 2.30. The van der Waals surface area contributed by atoms with Crippen LogP contribution in [0.3, 0.4) is 0 Å². The standard InChI is InChI=1S/C17H33N3O/c1-7-11-18-16(17(5,6)21-10-4)13-15-12-14(8-2)19-20(15)9-3/h12,16,18H,7-11,13H2,1-6H3. The van der Waals surface area contributed by atoms with Gasteiger partial charge in [-0.05, 0) is 53.1 Å². The highest BCUT2D eigenvalue weighted by atomic mass is 16.5. The van der Waals surface area contributed by atoms with E-state index < -0.39 is 0 Å². The lowest BCUT2D eigenvalue weighted by Crippen LogP contribution is -2.50. The van der Waals surface area contributed by atoms with Crippen LogP contribution in [0.25, 0.3) is 0 Å². The molecule has 0 aliphatic rings. The number of nitrogens with zero attached hydrogens (tertiary/aromatic N) is 2. The number of aromatic nitrogens is 2. The normalized spacial score (nSPS) is 13.6. The molecule has 0 fully saturated rings. The van der Waals surface area contributed by atoms with Crippen molar-refractivity contribution < 1.29 is 4.74 Å². The third-order valence-corrected chi connectivity index (χ3v) is 3.99. The molecule has 0 bridgehead atoms. The molecule has 21 heavy (non-hydrogen) atoms. The zero-order valence-electron chi connectivity index (χ0n) is 14.7. The molecular formula is C17H33N3O. The minimum Gasteiger partial charge on any atom is -0.374 e. The first-order valence-electron chi connectivity index (χ1n) is 8.41. The van der Waals surface area contributed by atoms with Gasteiger partial charge >= 0.3 is 0 Å². The fourth-order valence-electron chi connectivity index (χ4n) is 2.69. The van der Waals surface area contributed by atoms with E-state index in [1.165, 1.54) is 11.4 Å². The summed E-state index contributed by atoms with van der Waals surface area (Å²) in [5.74, 6) is 0. The van der Waals surface area contributed by atoms with Crippen LogP contribution in [-0.2, 0) is 24.1 Å². The van der Waals surface area contributed by atoms with E-state index in [4.69, 9.17) is 4.74 Å². The molecule has 0 aromatic carbocycles. The molecule has 1 rings (SSSR count). The van der Waals surface area contributed by atoms with Crippen LogP contribution in [-0.4, -0.2) is 34.6 Å². The van der Waals surface area contributed by atoms with Gasteiger partial charge in [-0.2, -0.15) is 5.10 Å². The Kier molecular flexibility index (Phi) is 7.40. The maximum absolute atomic E-state index is 5.98. The molecule has 0 saturated heterocycles. The van der Waals surface area contributed by atoms with Gasteiger partial charge in [0.2, 0.25) is 0 Å². The Balaban J connectivity index is 2.92. The van der Waals surface area contributed by atoms with Crippen LogP contribution in [0.5, 0.6) is 0 Å². The van der Waals surface area contributed by atoms with Crippen molar-refractivity contribution in [1.82, 2.24) is 15.1 Å². The first-order chi connectivity index (χ1) is 9.98. The Morgan fingerprint density at radius 3 is 2.52 bits per heavy atom. The lowest BCUT2D eigenvalue weighted by molar-refractivity contribution is -0.0383. The van der Waals surface area contributed by atoms with Crippen molar-refractivity contribution in [3.8, 4) is 0 Å². The molecule has 1 aromatic heterocycles. The van der Waals surface area contributed by atoms with E-state index in [0.717, 1.165) is 39.0 Å². The van der Waals surface area contributed by atoms with E-state index in [9.17, 15) is 0 Å². The molecular weight excluding hydrogens is 262 g/mol. The van der Waals surface area contributed by atoms with Gasteiger partial charge < -0.3 is 10.1 Å². The Bertz CT molecular complexity index is 412. The molecule has 0 saturated carbocycles. The number of hydrogen-bond acceptors (Lipinski definition) is 3. The van der Waals surface area contributed by atoms with Gasteiger partial charge in [-0.1, -0.05) is 13.8 Å². The van der Waals surface area contributed by atoms with Crippen LogP contribution in [0, 0.1) is 0 Å². The van der Waals surface area contributed by atoms with Crippen LogP contribution in [0.1, 0.15) is 59.4 Å². The summed E-state index contributed by atoms with van der Waals surface area (Å²) in [6.07, 6.45) is 3.07. The van der Waals surface area contributed by atoms with Gasteiger partial charge in [-0.15, -0.1) is 0 Å². The van der Waals surface area contributed by atoms with Gasteiger partial charge in [-0.25, -0.2) is 0 Å². The smallest absolute Gasteiger partial charge is 0.0782 e. The maximum Gasteiger partial charge on any atom is 0.0782 e. The summed E-state index contributed by atoms with van der Waals surface area (Å²) >= 11 is 0. The highest BCUT2D eigenvalue weighted by molar-refractivity contribution is 5.13. The number of nitrogens with one attached hydrogen (secondary N) is 1. The van der Waals surface area contributed by atoms with E-state index in [1.54, 1.807) is 0 Å². The Morgan fingerprint density at radius 2 is 2.00 bits per heavy atom.